The van der Waals surface area contributed by atoms with E-state index in [1.165, 1.54) is 4.31 Å². The second-order valence-corrected chi connectivity index (χ2v) is 11.5. The lowest BCUT2D eigenvalue weighted by molar-refractivity contribution is -0.128. The van der Waals surface area contributed by atoms with E-state index in [1.54, 1.807) is 18.2 Å². The lowest BCUT2D eigenvalue weighted by Crippen LogP contribution is -2.40. The molecule has 1 aromatic carbocycles. The van der Waals surface area contributed by atoms with Gasteiger partial charge in [0.1, 0.15) is 0 Å². The number of nitrogens with one attached hydrogen (secondary N) is 2. The molecule has 0 bridgehead atoms. The lowest BCUT2D eigenvalue weighted by atomic mass is 9.96. The SMILES string of the molecule is CC(C)(C)C(=O)NCCC(=O)Nc1cc(S(=O)(=O)N2CCOCC2)ccc1N1CCCCC1. The Hall–Kier alpha value is -2.17. The summed E-state index contributed by atoms with van der Waals surface area (Å²) in [4.78, 5) is 27.1. The maximum atomic E-state index is 13.2. The minimum Gasteiger partial charge on any atom is -0.379 e. The van der Waals surface area contributed by atoms with Crippen molar-refractivity contribution in [2.75, 3.05) is 56.2 Å². The van der Waals surface area contributed by atoms with Gasteiger partial charge in [0, 0.05) is 44.6 Å². The van der Waals surface area contributed by atoms with Gasteiger partial charge in [0.15, 0.2) is 0 Å². The first-order valence-electron chi connectivity index (χ1n) is 11.6. The van der Waals surface area contributed by atoms with Crippen molar-refractivity contribution in [2.45, 2.75) is 51.3 Å². The average molecular weight is 481 g/mol. The van der Waals surface area contributed by atoms with E-state index in [0.717, 1.165) is 38.0 Å². The fraction of sp³-hybridized carbons (Fsp3) is 0.652. The van der Waals surface area contributed by atoms with E-state index in [9.17, 15) is 18.0 Å². The van der Waals surface area contributed by atoms with Crippen LogP contribution in [0, 0.1) is 5.41 Å². The number of piperidine rings is 1. The fourth-order valence-electron chi connectivity index (χ4n) is 3.89. The Morgan fingerprint density at radius 2 is 1.70 bits per heavy atom. The predicted molar refractivity (Wildman–Crippen MR) is 128 cm³/mol. The maximum Gasteiger partial charge on any atom is 0.243 e. The van der Waals surface area contributed by atoms with Crippen LogP contribution in [0.25, 0.3) is 0 Å². The number of hydrogen-bond acceptors (Lipinski definition) is 6. The standard InChI is InChI=1S/C23H36N4O5S/c1-23(2,3)22(29)24-10-9-21(28)25-19-17-18(33(30,31)27-13-15-32-16-14-27)7-8-20(19)26-11-5-4-6-12-26/h7-8,17H,4-6,9-16H2,1-3H3,(H,24,29)(H,25,28). The van der Waals surface area contributed by atoms with Crippen LogP contribution in [0.2, 0.25) is 0 Å². The normalized spacial score (nSPS) is 18.1. The number of hydrogen-bond donors (Lipinski definition) is 2. The third-order valence-corrected chi connectivity index (χ3v) is 7.76. The average Bonchev–Trinajstić information content (AvgIpc) is 2.79. The summed E-state index contributed by atoms with van der Waals surface area (Å²) < 4.78 is 33.0. The second-order valence-electron chi connectivity index (χ2n) is 9.55. The number of morpholine rings is 1. The summed E-state index contributed by atoms with van der Waals surface area (Å²) in [5, 5.41) is 5.67. The molecule has 0 aromatic heterocycles. The zero-order valence-corrected chi connectivity index (χ0v) is 20.7. The molecule has 0 aliphatic carbocycles. The highest BCUT2D eigenvalue weighted by molar-refractivity contribution is 7.89. The Morgan fingerprint density at radius 1 is 1.03 bits per heavy atom. The molecule has 0 atom stereocenters. The minimum absolute atomic E-state index is 0.0989. The van der Waals surface area contributed by atoms with E-state index < -0.39 is 15.4 Å². The Labute approximate surface area is 196 Å². The number of nitrogens with zero attached hydrogens (tertiary/aromatic N) is 2. The molecule has 2 N–H and O–H groups in total. The van der Waals surface area contributed by atoms with Crippen molar-refractivity contribution in [2.24, 2.45) is 5.41 Å². The first-order valence-corrected chi connectivity index (χ1v) is 13.1. The molecule has 9 nitrogen and oxygen atoms in total. The van der Waals surface area contributed by atoms with Crippen LogP contribution in [-0.2, 0) is 24.3 Å². The van der Waals surface area contributed by atoms with Crippen LogP contribution in [0.4, 0.5) is 11.4 Å². The largest absolute Gasteiger partial charge is 0.379 e. The number of ether oxygens (including phenoxy) is 1. The van der Waals surface area contributed by atoms with E-state index in [1.807, 2.05) is 20.8 Å². The Balaban J connectivity index is 1.78. The van der Waals surface area contributed by atoms with Crippen molar-refractivity contribution in [1.82, 2.24) is 9.62 Å². The van der Waals surface area contributed by atoms with Crippen LogP contribution in [0.15, 0.2) is 23.1 Å². The molecule has 2 heterocycles. The van der Waals surface area contributed by atoms with Gasteiger partial charge in [-0.1, -0.05) is 20.8 Å². The summed E-state index contributed by atoms with van der Waals surface area (Å²) in [6.45, 7) is 8.74. The molecule has 2 saturated heterocycles. The number of benzene rings is 1. The first-order chi connectivity index (χ1) is 15.6. The van der Waals surface area contributed by atoms with Crippen LogP contribution in [0.5, 0.6) is 0 Å². The van der Waals surface area contributed by atoms with E-state index in [-0.39, 0.29) is 29.7 Å². The molecular formula is C23H36N4O5S. The summed E-state index contributed by atoms with van der Waals surface area (Å²) in [6, 6.07) is 4.96. The topological polar surface area (TPSA) is 108 Å². The second kappa shape index (κ2) is 10.8. The van der Waals surface area contributed by atoms with Crippen LogP contribution >= 0.6 is 0 Å². The van der Waals surface area contributed by atoms with E-state index in [4.69, 9.17) is 4.74 Å². The van der Waals surface area contributed by atoms with Crippen LogP contribution < -0.4 is 15.5 Å². The quantitative estimate of drug-likeness (QED) is 0.619. The zero-order chi connectivity index (χ0) is 24.1. The molecule has 2 amide bonds. The van der Waals surface area contributed by atoms with Gasteiger partial charge >= 0.3 is 0 Å². The molecule has 0 spiro atoms. The van der Waals surface area contributed by atoms with Gasteiger partial charge in [-0.15, -0.1) is 0 Å². The van der Waals surface area contributed by atoms with Gasteiger partial charge in [-0.05, 0) is 37.5 Å². The van der Waals surface area contributed by atoms with Crippen molar-refractivity contribution < 1.29 is 22.7 Å². The molecule has 3 rings (SSSR count). The summed E-state index contributed by atoms with van der Waals surface area (Å²) in [5.41, 5.74) is 0.779. The van der Waals surface area contributed by atoms with Gasteiger partial charge in [0.2, 0.25) is 21.8 Å². The van der Waals surface area contributed by atoms with E-state index in [0.29, 0.717) is 32.0 Å². The van der Waals surface area contributed by atoms with Crippen LogP contribution in [0.1, 0.15) is 46.5 Å². The maximum absolute atomic E-state index is 13.2. The third kappa shape index (κ3) is 6.68. The highest BCUT2D eigenvalue weighted by Gasteiger charge is 2.28. The van der Waals surface area contributed by atoms with Crippen molar-refractivity contribution in [3.63, 3.8) is 0 Å². The van der Waals surface area contributed by atoms with Gasteiger partial charge in [0.05, 0.1) is 29.5 Å². The number of carbonyl (C=O) groups is 2. The molecule has 1 aromatic rings. The molecule has 2 aliphatic heterocycles. The number of amides is 2. The molecule has 0 radical (unpaired) electrons. The summed E-state index contributed by atoms with van der Waals surface area (Å²) in [7, 11) is -3.69. The lowest BCUT2D eigenvalue weighted by Gasteiger charge is -2.31. The van der Waals surface area contributed by atoms with Gasteiger partial charge < -0.3 is 20.3 Å². The van der Waals surface area contributed by atoms with Crippen molar-refractivity contribution in [3.8, 4) is 0 Å². The van der Waals surface area contributed by atoms with Crippen molar-refractivity contribution in [1.29, 1.82) is 0 Å². The third-order valence-electron chi connectivity index (χ3n) is 5.87. The van der Waals surface area contributed by atoms with E-state index >= 15 is 0 Å². The molecule has 0 unspecified atom stereocenters. The highest BCUT2D eigenvalue weighted by atomic mass is 32.2. The molecular weight excluding hydrogens is 444 g/mol. The predicted octanol–water partition coefficient (Wildman–Crippen LogP) is 2.19. The van der Waals surface area contributed by atoms with Crippen LogP contribution in [0.3, 0.4) is 0 Å². The smallest absolute Gasteiger partial charge is 0.243 e. The van der Waals surface area contributed by atoms with Gasteiger partial charge in [-0.2, -0.15) is 4.31 Å². The molecule has 33 heavy (non-hydrogen) atoms. The number of sulfonamides is 1. The minimum atomic E-state index is -3.69. The summed E-state index contributed by atoms with van der Waals surface area (Å²) in [6.07, 6.45) is 3.37. The molecule has 10 heteroatoms. The molecule has 2 fully saturated rings. The summed E-state index contributed by atoms with van der Waals surface area (Å²) >= 11 is 0. The Bertz CT molecular complexity index is 946. The van der Waals surface area contributed by atoms with Crippen molar-refractivity contribution >= 4 is 33.2 Å². The highest BCUT2D eigenvalue weighted by Crippen LogP contribution is 2.32. The fourth-order valence-corrected chi connectivity index (χ4v) is 5.32. The number of carbonyl (C=O) groups excluding carboxylic acids is 2. The zero-order valence-electron chi connectivity index (χ0n) is 19.9. The van der Waals surface area contributed by atoms with Gasteiger partial charge in [-0.25, -0.2) is 8.42 Å². The molecule has 2 aliphatic rings. The molecule has 0 saturated carbocycles. The summed E-state index contributed by atoms with van der Waals surface area (Å²) in [5.74, 6) is -0.397. The number of anilines is 2. The monoisotopic (exact) mass is 480 g/mol. The van der Waals surface area contributed by atoms with Crippen molar-refractivity contribution in [3.05, 3.63) is 18.2 Å². The molecule has 184 valence electrons. The Morgan fingerprint density at radius 3 is 2.33 bits per heavy atom. The van der Waals surface area contributed by atoms with Gasteiger partial charge in [0.25, 0.3) is 0 Å². The van der Waals surface area contributed by atoms with Crippen LogP contribution in [-0.4, -0.2) is 70.5 Å². The number of rotatable bonds is 7. The Kier molecular flexibility index (Phi) is 8.36. The van der Waals surface area contributed by atoms with E-state index in [2.05, 4.69) is 15.5 Å². The van der Waals surface area contributed by atoms with Gasteiger partial charge in [-0.3, -0.25) is 9.59 Å². The first kappa shape index (κ1) is 25.5.